The molecule has 0 aromatic heterocycles. The minimum absolute atomic E-state index is 0.00312. The van der Waals surface area contributed by atoms with Gasteiger partial charge in [-0.05, 0) is 108 Å². The van der Waals surface area contributed by atoms with Crippen LogP contribution in [0.15, 0.2) is 11.1 Å². The van der Waals surface area contributed by atoms with E-state index in [9.17, 15) is 19.8 Å². The Labute approximate surface area is 206 Å². The molecule has 4 heteroatoms. The molecule has 4 fully saturated rings. The first-order valence-electron chi connectivity index (χ1n) is 13.9. The fourth-order valence-corrected chi connectivity index (χ4v) is 10.9. The van der Waals surface area contributed by atoms with Crippen molar-refractivity contribution in [2.45, 2.75) is 112 Å². The highest BCUT2D eigenvalue weighted by atomic mass is 16.4. The number of fused-ring (bicyclic) bond motifs is 7. The van der Waals surface area contributed by atoms with Crippen LogP contribution in [0.2, 0.25) is 0 Å². The van der Waals surface area contributed by atoms with E-state index in [1.165, 1.54) is 0 Å². The third-order valence-electron chi connectivity index (χ3n) is 12.8. The summed E-state index contributed by atoms with van der Waals surface area (Å²) in [5, 5.41) is 21.3. The second-order valence-electron chi connectivity index (χ2n) is 14.5. The summed E-state index contributed by atoms with van der Waals surface area (Å²) in [5.74, 6) is 0.656. The van der Waals surface area contributed by atoms with Crippen molar-refractivity contribution >= 4 is 11.8 Å². The lowest BCUT2D eigenvalue weighted by molar-refractivity contribution is -0.228. The maximum Gasteiger partial charge on any atom is 0.314 e. The molecule has 0 spiro atoms. The van der Waals surface area contributed by atoms with Gasteiger partial charge in [0, 0.05) is 6.42 Å². The summed E-state index contributed by atoms with van der Waals surface area (Å²) in [6.07, 6.45) is 7.77. The molecule has 190 valence electrons. The number of rotatable bonds is 2. The first kappa shape index (κ1) is 24.5. The van der Waals surface area contributed by atoms with E-state index in [1.54, 1.807) is 0 Å². The molecule has 5 aliphatic rings. The van der Waals surface area contributed by atoms with Crippen molar-refractivity contribution in [1.29, 1.82) is 0 Å². The van der Waals surface area contributed by atoms with Gasteiger partial charge in [0.2, 0.25) is 0 Å². The largest absolute Gasteiger partial charge is 0.481 e. The van der Waals surface area contributed by atoms with E-state index in [0.29, 0.717) is 18.3 Å². The Morgan fingerprint density at radius 1 is 0.882 bits per heavy atom. The van der Waals surface area contributed by atoms with Crippen LogP contribution in [-0.2, 0) is 9.59 Å². The van der Waals surface area contributed by atoms with Crippen molar-refractivity contribution in [3.05, 3.63) is 11.1 Å². The molecule has 4 nitrogen and oxygen atoms in total. The smallest absolute Gasteiger partial charge is 0.314 e. The highest BCUT2D eigenvalue weighted by molar-refractivity contribution is 6.05. The van der Waals surface area contributed by atoms with E-state index in [1.807, 2.05) is 0 Å². The Bertz CT molecular complexity index is 961. The van der Waals surface area contributed by atoms with Crippen LogP contribution in [0.3, 0.4) is 0 Å². The molecule has 34 heavy (non-hydrogen) atoms. The van der Waals surface area contributed by atoms with Gasteiger partial charge in [-0.25, -0.2) is 0 Å². The summed E-state index contributed by atoms with van der Waals surface area (Å²) in [6, 6.07) is 0. The minimum atomic E-state index is -0.970. The van der Waals surface area contributed by atoms with Crippen molar-refractivity contribution in [1.82, 2.24) is 0 Å². The van der Waals surface area contributed by atoms with E-state index in [2.05, 4.69) is 48.5 Å². The molecule has 4 saturated carbocycles. The third-order valence-corrected chi connectivity index (χ3v) is 12.8. The van der Waals surface area contributed by atoms with Gasteiger partial charge in [0.1, 0.15) is 0 Å². The Balaban J connectivity index is 1.62. The molecule has 0 heterocycles. The second-order valence-corrected chi connectivity index (χ2v) is 14.5. The van der Waals surface area contributed by atoms with Crippen LogP contribution in [-0.4, -0.2) is 28.1 Å². The maximum absolute atomic E-state index is 13.2. The fraction of sp³-hybridized carbons (Fsp3) is 0.867. The Morgan fingerprint density at radius 2 is 1.56 bits per heavy atom. The molecule has 8 atom stereocenters. The minimum Gasteiger partial charge on any atom is -0.481 e. The topological polar surface area (TPSA) is 74.6 Å². The van der Waals surface area contributed by atoms with E-state index in [-0.39, 0.29) is 51.8 Å². The average molecular weight is 471 g/mol. The lowest BCUT2D eigenvalue weighted by Crippen LogP contribution is -2.65. The van der Waals surface area contributed by atoms with Gasteiger partial charge in [0.15, 0.2) is 5.78 Å². The quantitative estimate of drug-likeness (QED) is 0.489. The maximum atomic E-state index is 13.2. The number of aliphatic hydroxyl groups excluding tert-OH is 1. The third kappa shape index (κ3) is 2.70. The average Bonchev–Trinajstić information content (AvgIpc) is 3.05. The van der Waals surface area contributed by atoms with E-state index >= 15 is 0 Å². The van der Waals surface area contributed by atoms with Gasteiger partial charge in [0.25, 0.3) is 0 Å². The van der Waals surface area contributed by atoms with Gasteiger partial charge in [-0.1, -0.05) is 48.5 Å². The van der Waals surface area contributed by atoms with Crippen LogP contribution in [0.5, 0.6) is 0 Å². The molecule has 0 bridgehead atoms. The summed E-state index contributed by atoms with van der Waals surface area (Å²) in [7, 11) is 0. The first-order chi connectivity index (χ1) is 15.7. The zero-order valence-electron chi connectivity index (χ0n) is 22.5. The number of Topliss-reactive ketones (excluding diaryl/α,β-unsaturated/α-hetero) is 1. The Hall–Kier alpha value is -1.16. The highest BCUT2D eigenvalue weighted by Gasteiger charge is 2.70. The molecule has 0 radical (unpaired) electrons. The van der Waals surface area contributed by atoms with Crippen LogP contribution in [0.1, 0.15) is 106 Å². The molecule has 0 aromatic carbocycles. The predicted molar refractivity (Wildman–Crippen MR) is 133 cm³/mol. The van der Waals surface area contributed by atoms with E-state index in [4.69, 9.17) is 0 Å². The fourth-order valence-electron chi connectivity index (χ4n) is 10.9. The standard InChI is InChI=1S/C30H46O4/c1-17(2)23-19(31)16-30(25(33)34)15-14-28(6)18(24(23)30)8-9-21-27(5)12-11-22(32)26(3,4)20(27)10-13-29(21,28)7/h17-18,20-22,32H,8-16H2,1-7H3,(H,33,34)/t18-,20+,21-,22+,27+,28-,29-,30-/m1/s1. The second kappa shape index (κ2) is 7.20. The van der Waals surface area contributed by atoms with Gasteiger partial charge in [0.05, 0.1) is 11.5 Å². The number of hydrogen-bond acceptors (Lipinski definition) is 3. The van der Waals surface area contributed by atoms with Crippen molar-refractivity contribution in [3.8, 4) is 0 Å². The molecule has 5 aliphatic carbocycles. The summed E-state index contributed by atoms with van der Waals surface area (Å²) < 4.78 is 0. The summed E-state index contributed by atoms with van der Waals surface area (Å²) in [4.78, 5) is 26.0. The first-order valence-corrected chi connectivity index (χ1v) is 13.9. The summed E-state index contributed by atoms with van der Waals surface area (Å²) in [6.45, 7) is 16.2. The zero-order chi connectivity index (χ0) is 25.1. The number of carboxylic acids is 1. The Morgan fingerprint density at radius 3 is 2.18 bits per heavy atom. The number of ketones is 1. The number of allylic oxidation sites excluding steroid dienone is 1. The van der Waals surface area contributed by atoms with Crippen molar-refractivity contribution < 1.29 is 19.8 Å². The van der Waals surface area contributed by atoms with Gasteiger partial charge in [-0.15, -0.1) is 0 Å². The van der Waals surface area contributed by atoms with Crippen LogP contribution < -0.4 is 0 Å². The molecular formula is C30H46O4. The van der Waals surface area contributed by atoms with Crippen LogP contribution in [0.4, 0.5) is 0 Å². The lowest BCUT2D eigenvalue weighted by Gasteiger charge is -2.71. The van der Waals surface area contributed by atoms with Gasteiger partial charge >= 0.3 is 5.97 Å². The summed E-state index contributed by atoms with van der Waals surface area (Å²) >= 11 is 0. The molecule has 0 aromatic rings. The van der Waals surface area contributed by atoms with Crippen LogP contribution in [0, 0.1) is 50.7 Å². The van der Waals surface area contributed by atoms with Gasteiger partial charge in [-0.2, -0.15) is 0 Å². The number of aliphatic carboxylic acids is 1. The number of carboxylic acid groups (broad SMARTS) is 1. The number of carbonyl (C=O) groups excluding carboxylic acids is 1. The zero-order valence-corrected chi connectivity index (χ0v) is 22.5. The lowest BCUT2D eigenvalue weighted by atomic mass is 9.33. The van der Waals surface area contributed by atoms with E-state index < -0.39 is 11.4 Å². The van der Waals surface area contributed by atoms with Gasteiger partial charge in [-0.3, -0.25) is 9.59 Å². The Kier molecular flexibility index (Phi) is 5.20. The molecule has 2 N–H and O–H groups in total. The normalized spacial score (nSPS) is 49.9. The van der Waals surface area contributed by atoms with E-state index in [0.717, 1.165) is 56.1 Å². The van der Waals surface area contributed by atoms with Crippen molar-refractivity contribution in [3.63, 3.8) is 0 Å². The van der Waals surface area contributed by atoms with Gasteiger partial charge < -0.3 is 10.2 Å². The molecule has 0 amide bonds. The highest BCUT2D eigenvalue weighted by Crippen LogP contribution is 2.76. The number of hydrogen-bond donors (Lipinski definition) is 2. The molecule has 0 saturated heterocycles. The predicted octanol–water partition coefficient (Wildman–Crippen LogP) is 6.41. The molecule has 0 aliphatic heterocycles. The summed E-state index contributed by atoms with van der Waals surface area (Å²) in [5.41, 5.74) is 1.16. The van der Waals surface area contributed by atoms with Crippen molar-refractivity contribution in [2.24, 2.45) is 50.7 Å². The molecule has 5 rings (SSSR count). The van der Waals surface area contributed by atoms with Crippen molar-refractivity contribution in [2.75, 3.05) is 0 Å². The monoisotopic (exact) mass is 470 g/mol. The molecule has 0 unspecified atom stereocenters. The van der Waals surface area contributed by atoms with Crippen LogP contribution in [0.25, 0.3) is 0 Å². The SMILES string of the molecule is CC(C)C1=C2[C@H]3CC[C@@H]4[C@@]5(C)CC[C@H](O)C(C)(C)[C@@H]5CC[C@@]4(C)[C@]3(C)CC[C@@]2(C(=O)O)CC1=O. The van der Waals surface area contributed by atoms with Crippen LogP contribution >= 0.6 is 0 Å². The number of aliphatic hydroxyl groups is 1. The number of carbonyl (C=O) groups is 2. The molecular weight excluding hydrogens is 424 g/mol.